The Balaban J connectivity index is 1.51. The van der Waals surface area contributed by atoms with Crippen LogP contribution in [0.1, 0.15) is 27.9 Å². The molecule has 124 valence electrons. The molecule has 0 saturated heterocycles. The Hall–Kier alpha value is -3.44. The lowest BCUT2D eigenvalue weighted by molar-refractivity contribution is 0.0983. The van der Waals surface area contributed by atoms with Crippen molar-refractivity contribution < 1.29 is 4.79 Å². The van der Waals surface area contributed by atoms with Crippen LogP contribution in [-0.4, -0.2) is 5.78 Å². The molecule has 0 unspecified atom stereocenters. The number of Topliss-reactive ketones (excluding diaryl/α,β-unsaturated/α-hetero) is 1. The van der Waals surface area contributed by atoms with Crippen molar-refractivity contribution in [3.63, 3.8) is 0 Å². The van der Waals surface area contributed by atoms with Gasteiger partial charge in [0.25, 0.3) is 0 Å². The summed E-state index contributed by atoms with van der Waals surface area (Å²) in [5.74, 6) is 0.163. The normalized spacial score (nSPS) is 10.7. The molecule has 0 N–H and O–H groups in total. The lowest BCUT2D eigenvalue weighted by Gasteiger charge is -2.06. The molecule has 0 heterocycles. The molecule has 4 aromatic rings. The Kier molecular flexibility index (Phi) is 4.21. The predicted molar refractivity (Wildman–Crippen MR) is 105 cm³/mol. The van der Waals surface area contributed by atoms with Gasteiger partial charge in [-0.1, -0.05) is 60.7 Å². The maximum absolute atomic E-state index is 12.6. The maximum atomic E-state index is 12.6. The molecule has 26 heavy (non-hydrogen) atoms. The lowest BCUT2D eigenvalue weighted by atomic mass is 9.98. The van der Waals surface area contributed by atoms with Gasteiger partial charge in [0.1, 0.15) is 0 Å². The zero-order valence-corrected chi connectivity index (χ0v) is 14.3. The van der Waals surface area contributed by atoms with Gasteiger partial charge in [0.05, 0.1) is 11.6 Å². The van der Waals surface area contributed by atoms with Crippen LogP contribution in [0, 0.1) is 11.3 Å². The van der Waals surface area contributed by atoms with Gasteiger partial charge in [-0.25, -0.2) is 0 Å². The number of benzene rings is 4. The number of aryl methyl sites for hydroxylation is 1. The van der Waals surface area contributed by atoms with Crippen LogP contribution in [0.15, 0.2) is 78.9 Å². The molecule has 0 fully saturated rings. The Morgan fingerprint density at radius 1 is 0.769 bits per heavy atom. The summed E-state index contributed by atoms with van der Waals surface area (Å²) in [5, 5.41) is 13.4. The SMILES string of the molecule is N#Cc1ccc2cc(CCC(=O)c3ccc4ccccc4c3)ccc2c1. The summed E-state index contributed by atoms with van der Waals surface area (Å²) in [6, 6.07) is 28.0. The number of carbonyl (C=O) groups is 1. The van der Waals surface area contributed by atoms with Crippen molar-refractivity contribution in [1.29, 1.82) is 5.26 Å². The van der Waals surface area contributed by atoms with Crippen molar-refractivity contribution in [2.45, 2.75) is 12.8 Å². The molecule has 4 aromatic carbocycles. The Morgan fingerprint density at radius 2 is 1.46 bits per heavy atom. The lowest BCUT2D eigenvalue weighted by Crippen LogP contribution is -2.01. The standard InChI is InChI=1S/C24H17NO/c25-16-18-6-9-21-13-17(5-8-22(21)14-18)7-12-24(26)23-11-10-19-3-1-2-4-20(19)15-23/h1-6,8-11,13-15H,7,12H2. The van der Waals surface area contributed by atoms with Crippen LogP contribution in [0.5, 0.6) is 0 Å². The van der Waals surface area contributed by atoms with E-state index in [1.807, 2.05) is 66.7 Å². The van der Waals surface area contributed by atoms with Gasteiger partial charge in [0.2, 0.25) is 0 Å². The van der Waals surface area contributed by atoms with Crippen molar-refractivity contribution >= 4 is 27.3 Å². The molecule has 0 aliphatic heterocycles. The zero-order chi connectivity index (χ0) is 17.9. The molecule has 0 aliphatic rings. The first-order valence-corrected chi connectivity index (χ1v) is 8.68. The molecule has 2 nitrogen and oxygen atoms in total. The molecule has 2 heteroatoms. The average Bonchev–Trinajstić information content (AvgIpc) is 2.71. The van der Waals surface area contributed by atoms with Crippen LogP contribution in [0.2, 0.25) is 0 Å². The van der Waals surface area contributed by atoms with E-state index in [0.717, 1.165) is 32.7 Å². The number of hydrogen-bond donors (Lipinski definition) is 0. The molecule has 0 atom stereocenters. The highest BCUT2D eigenvalue weighted by Crippen LogP contribution is 2.20. The van der Waals surface area contributed by atoms with E-state index in [1.165, 1.54) is 0 Å². The van der Waals surface area contributed by atoms with Crippen LogP contribution in [-0.2, 0) is 6.42 Å². The number of nitriles is 1. The predicted octanol–water partition coefficient (Wildman–Crippen LogP) is 5.68. The van der Waals surface area contributed by atoms with E-state index < -0.39 is 0 Å². The largest absolute Gasteiger partial charge is 0.294 e. The Bertz CT molecular complexity index is 1170. The number of rotatable bonds is 4. The van der Waals surface area contributed by atoms with Crippen molar-refractivity contribution in [1.82, 2.24) is 0 Å². The zero-order valence-electron chi connectivity index (χ0n) is 14.3. The minimum atomic E-state index is 0.163. The van der Waals surface area contributed by atoms with Crippen LogP contribution in [0.25, 0.3) is 21.5 Å². The van der Waals surface area contributed by atoms with Crippen LogP contribution >= 0.6 is 0 Å². The van der Waals surface area contributed by atoms with E-state index in [2.05, 4.69) is 18.2 Å². The van der Waals surface area contributed by atoms with Gasteiger partial charge >= 0.3 is 0 Å². The summed E-state index contributed by atoms with van der Waals surface area (Å²) in [4.78, 5) is 12.6. The molecule has 4 rings (SSSR count). The fraction of sp³-hybridized carbons (Fsp3) is 0.0833. The van der Waals surface area contributed by atoms with E-state index in [1.54, 1.807) is 0 Å². The van der Waals surface area contributed by atoms with Gasteiger partial charge in [-0.15, -0.1) is 0 Å². The molecular formula is C24H17NO. The molecule has 0 radical (unpaired) electrons. The molecular weight excluding hydrogens is 318 g/mol. The summed E-state index contributed by atoms with van der Waals surface area (Å²) in [5.41, 5.74) is 2.57. The van der Waals surface area contributed by atoms with Gasteiger partial charge in [0.15, 0.2) is 5.78 Å². The van der Waals surface area contributed by atoms with E-state index in [9.17, 15) is 4.79 Å². The highest BCUT2D eigenvalue weighted by atomic mass is 16.1. The Labute approximate surface area is 152 Å². The first-order valence-electron chi connectivity index (χ1n) is 8.68. The second-order valence-electron chi connectivity index (χ2n) is 6.49. The highest BCUT2D eigenvalue weighted by molar-refractivity contribution is 6.00. The van der Waals surface area contributed by atoms with E-state index >= 15 is 0 Å². The third-order valence-electron chi connectivity index (χ3n) is 4.75. The number of ketones is 1. The van der Waals surface area contributed by atoms with Crippen molar-refractivity contribution in [2.24, 2.45) is 0 Å². The third kappa shape index (κ3) is 3.20. The maximum Gasteiger partial charge on any atom is 0.163 e. The monoisotopic (exact) mass is 335 g/mol. The quantitative estimate of drug-likeness (QED) is 0.450. The van der Waals surface area contributed by atoms with Gasteiger partial charge in [0, 0.05) is 12.0 Å². The third-order valence-corrected chi connectivity index (χ3v) is 4.75. The first-order chi connectivity index (χ1) is 12.7. The molecule has 0 spiro atoms. The van der Waals surface area contributed by atoms with Crippen LogP contribution < -0.4 is 0 Å². The number of nitrogens with zero attached hydrogens (tertiary/aromatic N) is 1. The topological polar surface area (TPSA) is 40.9 Å². The summed E-state index contributed by atoms with van der Waals surface area (Å²) < 4.78 is 0. The molecule has 0 bridgehead atoms. The molecule has 0 saturated carbocycles. The van der Waals surface area contributed by atoms with Gasteiger partial charge in [-0.3, -0.25) is 4.79 Å². The second-order valence-corrected chi connectivity index (χ2v) is 6.49. The Morgan fingerprint density at radius 3 is 2.31 bits per heavy atom. The van der Waals surface area contributed by atoms with Crippen molar-refractivity contribution in [3.8, 4) is 6.07 Å². The molecule has 0 aliphatic carbocycles. The van der Waals surface area contributed by atoms with Gasteiger partial charge < -0.3 is 0 Å². The van der Waals surface area contributed by atoms with Crippen LogP contribution in [0.3, 0.4) is 0 Å². The van der Waals surface area contributed by atoms with E-state index in [0.29, 0.717) is 18.4 Å². The summed E-state index contributed by atoms with van der Waals surface area (Å²) in [6.45, 7) is 0. The van der Waals surface area contributed by atoms with E-state index in [4.69, 9.17) is 5.26 Å². The van der Waals surface area contributed by atoms with Crippen molar-refractivity contribution in [3.05, 3.63) is 95.6 Å². The fourth-order valence-corrected chi connectivity index (χ4v) is 3.29. The molecule has 0 aromatic heterocycles. The summed E-state index contributed by atoms with van der Waals surface area (Å²) in [6.07, 6.45) is 1.20. The number of fused-ring (bicyclic) bond motifs is 2. The van der Waals surface area contributed by atoms with Crippen molar-refractivity contribution in [2.75, 3.05) is 0 Å². The summed E-state index contributed by atoms with van der Waals surface area (Å²) in [7, 11) is 0. The number of hydrogen-bond acceptors (Lipinski definition) is 2. The minimum absolute atomic E-state index is 0.163. The van der Waals surface area contributed by atoms with Crippen LogP contribution in [0.4, 0.5) is 0 Å². The number of carbonyl (C=O) groups excluding carboxylic acids is 1. The summed E-state index contributed by atoms with van der Waals surface area (Å²) >= 11 is 0. The second kappa shape index (κ2) is 6.82. The average molecular weight is 335 g/mol. The minimum Gasteiger partial charge on any atom is -0.294 e. The van der Waals surface area contributed by atoms with Gasteiger partial charge in [-0.2, -0.15) is 5.26 Å². The van der Waals surface area contributed by atoms with Gasteiger partial charge in [-0.05, 0) is 51.7 Å². The fourth-order valence-electron chi connectivity index (χ4n) is 3.29. The molecule has 0 amide bonds. The first kappa shape index (κ1) is 16.1. The smallest absolute Gasteiger partial charge is 0.163 e. The van der Waals surface area contributed by atoms with E-state index in [-0.39, 0.29) is 5.78 Å². The highest BCUT2D eigenvalue weighted by Gasteiger charge is 2.08.